The molecule has 3 heteroatoms. The molecule has 1 saturated carbocycles. The minimum Gasteiger partial charge on any atom is -0.488 e. The van der Waals surface area contributed by atoms with E-state index in [1.54, 1.807) is 18.2 Å². The molecule has 1 aromatic carbocycles. The number of nitrogen functional groups attached to an aromatic ring is 1. The lowest BCUT2D eigenvalue weighted by molar-refractivity contribution is 0.0465. The van der Waals surface area contributed by atoms with Crippen LogP contribution in [-0.2, 0) is 0 Å². The Morgan fingerprint density at radius 1 is 1.35 bits per heavy atom. The van der Waals surface area contributed by atoms with Crippen molar-refractivity contribution >= 4 is 5.69 Å². The second kappa shape index (κ2) is 6.17. The molecule has 0 aliphatic heterocycles. The molecule has 3 nitrogen and oxygen atoms in total. The van der Waals surface area contributed by atoms with Crippen molar-refractivity contribution in [3.8, 4) is 11.8 Å². The highest BCUT2D eigenvalue weighted by Gasteiger charge is 2.32. The van der Waals surface area contributed by atoms with Crippen molar-refractivity contribution in [1.82, 2.24) is 0 Å². The molecule has 2 rings (SSSR count). The third-order valence-corrected chi connectivity index (χ3v) is 4.38. The van der Waals surface area contributed by atoms with Gasteiger partial charge in [0.05, 0.1) is 17.3 Å². The van der Waals surface area contributed by atoms with E-state index in [0.29, 0.717) is 34.8 Å². The van der Waals surface area contributed by atoms with E-state index in [1.165, 1.54) is 12.8 Å². The summed E-state index contributed by atoms with van der Waals surface area (Å²) in [6.45, 7) is 6.79. The van der Waals surface area contributed by atoms with E-state index in [2.05, 4.69) is 26.8 Å². The van der Waals surface area contributed by atoms with Crippen LogP contribution in [0.3, 0.4) is 0 Å². The maximum absolute atomic E-state index is 8.99. The van der Waals surface area contributed by atoms with Crippen LogP contribution in [0.2, 0.25) is 0 Å². The van der Waals surface area contributed by atoms with Crippen LogP contribution in [0.25, 0.3) is 0 Å². The monoisotopic (exact) mass is 272 g/mol. The lowest BCUT2D eigenvalue weighted by Gasteiger charge is -2.37. The van der Waals surface area contributed by atoms with Gasteiger partial charge in [0, 0.05) is 6.07 Å². The van der Waals surface area contributed by atoms with Gasteiger partial charge in [-0.2, -0.15) is 5.26 Å². The molecule has 1 aromatic rings. The van der Waals surface area contributed by atoms with Gasteiger partial charge in [0.2, 0.25) is 0 Å². The molecular weight excluding hydrogens is 248 g/mol. The molecular formula is C17H24N2O. The summed E-state index contributed by atoms with van der Waals surface area (Å²) in [6.07, 6.45) is 3.76. The van der Waals surface area contributed by atoms with Gasteiger partial charge in [-0.3, -0.25) is 0 Å². The fraction of sp³-hybridized carbons (Fsp3) is 0.588. The van der Waals surface area contributed by atoms with Gasteiger partial charge < -0.3 is 10.5 Å². The normalized spacial score (nSPS) is 26.2. The molecule has 0 radical (unpaired) electrons. The quantitative estimate of drug-likeness (QED) is 0.847. The van der Waals surface area contributed by atoms with Crippen LogP contribution in [0.5, 0.6) is 5.75 Å². The minimum absolute atomic E-state index is 0.204. The molecule has 0 heterocycles. The predicted octanol–water partition coefficient (Wildman–Crippen LogP) is 3.98. The van der Waals surface area contributed by atoms with Gasteiger partial charge in [0.1, 0.15) is 11.9 Å². The SMILES string of the molecule is CC1CCC(C(C)C)C(Oc2cc(C#N)ccc2N)C1. The second-order valence-corrected chi connectivity index (χ2v) is 6.35. The van der Waals surface area contributed by atoms with Crippen LogP contribution >= 0.6 is 0 Å². The van der Waals surface area contributed by atoms with E-state index >= 15 is 0 Å². The smallest absolute Gasteiger partial charge is 0.143 e. The average molecular weight is 272 g/mol. The Hall–Kier alpha value is -1.69. The first-order valence-corrected chi connectivity index (χ1v) is 7.47. The Bertz CT molecular complexity index is 504. The van der Waals surface area contributed by atoms with E-state index in [4.69, 9.17) is 15.7 Å². The zero-order valence-electron chi connectivity index (χ0n) is 12.6. The van der Waals surface area contributed by atoms with Crippen LogP contribution < -0.4 is 10.5 Å². The number of nitrogens with zero attached hydrogens (tertiary/aromatic N) is 1. The number of benzene rings is 1. The van der Waals surface area contributed by atoms with E-state index in [0.717, 1.165) is 6.42 Å². The molecule has 1 aliphatic carbocycles. The van der Waals surface area contributed by atoms with Crippen molar-refractivity contribution in [2.45, 2.75) is 46.1 Å². The highest BCUT2D eigenvalue weighted by Crippen LogP contribution is 2.37. The van der Waals surface area contributed by atoms with Crippen molar-refractivity contribution in [3.05, 3.63) is 23.8 Å². The molecule has 108 valence electrons. The molecule has 3 atom stereocenters. The molecule has 1 aliphatic rings. The number of ether oxygens (including phenoxy) is 1. The Balaban J connectivity index is 2.20. The Kier molecular flexibility index (Phi) is 4.54. The molecule has 0 saturated heterocycles. The van der Waals surface area contributed by atoms with Gasteiger partial charge in [-0.25, -0.2) is 0 Å². The van der Waals surface area contributed by atoms with Crippen LogP contribution in [0.4, 0.5) is 5.69 Å². The molecule has 0 spiro atoms. The van der Waals surface area contributed by atoms with Crippen molar-refractivity contribution in [2.24, 2.45) is 17.8 Å². The molecule has 0 bridgehead atoms. The van der Waals surface area contributed by atoms with E-state index < -0.39 is 0 Å². The number of hydrogen-bond donors (Lipinski definition) is 1. The maximum Gasteiger partial charge on any atom is 0.143 e. The summed E-state index contributed by atoms with van der Waals surface area (Å²) in [7, 11) is 0. The van der Waals surface area contributed by atoms with Gasteiger partial charge in [0.15, 0.2) is 0 Å². The van der Waals surface area contributed by atoms with Crippen LogP contribution in [-0.4, -0.2) is 6.10 Å². The topological polar surface area (TPSA) is 59.0 Å². The highest BCUT2D eigenvalue weighted by atomic mass is 16.5. The summed E-state index contributed by atoms with van der Waals surface area (Å²) in [5.41, 5.74) is 7.20. The second-order valence-electron chi connectivity index (χ2n) is 6.35. The molecule has 3 unspecified atom stereocenters. The molecule has 1 fully saturated rings. The first-order chi connectivity index (χ1) is 9.51. The summed E-state index contributed by atoms with van der Waals surface area (Å²) in [6, 6.07) is 7.38. The van der Waals surface area contributed by atoms with Gasteiger partial charge in [-0.1, -0.05) is 27.2 Å². The van der Waals surface area contributed by atoms with Gasteiger partial charge in [-0.05, 0) is 42.7 Å². The van der Waals surface area contributed by atoms with Gasteiger partial charge in [-0.15, -0.1) is 0 Å². The largest absolute Gasteiger partial charge is 0.488 e. The number of hydrogen-bond acceptors (Lipinski definition) is 3. The Labute approximate surface area is 121 Å². The van der Waals surface area contributed by atoms with E-state index in [1.807, 2.05) is 0 Å². The molecule has 0 amide bonds. The third kappa shape index (κ3) is 3.25. The van der Waals surface area contributed by atoms with Crippen molar-refractivity contribution < 1.29 is 4.74 Å². The van der Waals surface area contributed by atoms with Crippen molar-refractivity contribution in [3.63, 3.8) is 0 Å². The van der Waals surface area contributed by atoms with Crippen LogP contribution in [0.15, 0.2) is 18.2 Å². The summed E-state index contributed by atoms with van der Waals surface area (Å²) >= 11 is 0. The van der Waals surface area contributed by atoms with Crippen molar-refractivity contribution in [2.75, 3.05) is 5.73 Å². The summed E-state index contributed by atoms with van der Waals surface area (Å²) in [5, 5.41) is 8.99. The standard InChI is InChI=1S/C17H24N2O/c1-11(2)14-6-4-12(3)8-16(14)20-17-9-13(10-18)5-7-15(17)19/h5,7,9,11-12,14,16H,4,6,8,19H2,1-3H3. The summed E-state index contributed by atoms with van der Waals surface area (Å²) in [4.78, 5) is 0. The number of anilines is 1. The highest BCUT2D eigenvalue weighted by molar-refractivity contribution is 5.56. The Morgan fingerprint density at radius 3 is 2.75 bits per heavy atom. The average Bonchev–Trinajstić information content (AvgIpc) is 2.41. The number of rotatable bonds is 3. The summed E-state index contributed by atoms with van der Waals surface area (Å²) < 4.78 is 6.20. The van der Waals surface area contributed by atoms with Crippen LogP contribution in [0, 0.1) is 29.1 Å². The molecule has 0 aromatic heterocycles. The lowest BCUT2D eigenvalue weighted by Crippen LogP contribution is -2.36. The molecule has 2 N–H and O–H groups in total. The van der Waals surface area contributed by atoms with Crippen molar-refractivity contribution in [1.29, 1.82) is 5.26 Å². The maximum atomic E-state index is 8.99. The van der Waals surface area contributed by atoms with E-state index in [-0.39, 0.29) is 6.10 Å². The minimum atomic E-state index is 0.204. The van der Waals surface area contributed by atoms with E-state index in [9.17, 15) is 0 Å². The zero-order valence-corrected chi connectivity index (χ0v) is 12.6. The molecule has 20 heavy (non-hydrogen) atoms. The first-order valence-electron chi connectivity index (χ1n) is 7.47. The number of nitrogens with two attached hydrogens (primary N) is 1. The zero-order chi connectivity index (χ0) is 14.7. The predicted molar refractivity (Wildman–Crippen MR) is 81.3 cm³/mol. The fourth-order valence-electron chi connectivity index (χ4n) is 3.12. The fourth-order valence-corrected chi connectivity index (χ4v) is 3.12. The van der Waals surface area contributed by atoms with Crippen LogP contribution in [0.1, 0.15) is 45.6 Å². The first kappa shape index (κ1) is 14.7. The third-order valence-electron chi connectivity index (χ3n) is 4.38. The van der Waals surface area contributed by atoms with Gasteiger partial charge in [0.25, 0.3) is 0 Å². The number of nitriles is 1. The Morgan fingerprint density at radius 2 is 2.10 bits per heavy atom. The lowest BCUT2D eigenvalue weighted by atomic mass is 9.75. The summed E-state index contributed by atoms with van der Waals surface area (Å²) in [5.74, 6) is 2.52. The van der Waals surface area contributed by atoms with Gasteiger partial charge >= 0.3 is 0 Å².